The number of rotatable bonds is 1. The molecule has 0 spiro atoms. The van der Waals surface area contributed by atoms with Gasteiger partial charge in [-0.1, -0.05) is 6.07 Å². The van der Waals surface area contributed by atoms with Crippen LogP contribution in [0.5, 0.6) is 11.5 Å². The third-order valence-corrected chi connectivity index (χ3v) is 2.51. The Labute approximate surface area is 81.2 Å². The molecule has 14 heavy (non-hydrogen) atoms. The summed E-state index contributed by atoms with van der Waals surface area (Å²) in [7, 11) is 0. The Morgan fingerprint density at radius 1 is 1.43 bits per heavy atom. The summed E-state index contributed by atoms with van der Waals surface area (Å²) >= 11 is 0. The lowest BCUT2D eigenvalue weighted by Crippen LogP contribution is -2.30. The van der Waals surface area contributed by atoms with Gasteiger partial charge in [0.15, 0.2) is 11.5 Å². The molecule has 4 nitrogen and oxygen atoms in total. The maximum absolute atomic E-state index is 10.7. The Kier molecular flexibility index (Phi) is 2.13. The van der Waals surface area contributed by atoms with Gasteiger partial charge in [-0.3, -0.25) is 0 Å². The topological polar surface area (TPSA) is 69.6 Å². The number of phenols is 2. The number of phenolic OH excluding ortho intramolecular Hbond substituents is 2. The maximum Gasteiger partial charge on any atom is 0.161 e. The number of carbonyl (C=O) groups is 1. The Hall–Kier alpha value is -1.55. The second-order valence-electron chi connectivity index (χ2n) is 3.32. The van der Waals surface area contributed by atoms with Crippen molar-refractivity contribution < 1.29 is 15.0 Å². The fraction of sp³-hybridized carbons (Fsp3) is 0.300. The fourth-order valence-corrected chi connectivity index (χ4v) is 1.78. The average Bonchev–Trinajstić information content (AvgIpc) is 2.23. The van der Waals surface area contributed by atoms with Crippen LogP contribution in [0.1, 0.15) is 17.2 Å². The van der Waals surface area contributed by atoms with E-state index in [-0.39, 0.29) is 17.5 Å². The minimum atomic E-state index is -0.370. The van der Waals surface area contributed by atoms with Gasteiger partial charge in [0.05, 0.1) is 6.04 Å². The van der Waals surface area contributed by atoms with Gasteiger partial charge in [-0.2, -0.15) is 0 Å². The summed E-state index contributed by atoms with van der Waals surface area (Å²) in [5, 5.41) is 21.8. The first kappa shape index (κ1) is 9.02. The summed E-state index contributed by atoms with van der Waals surface area (Å²) in [5.41, 5.74) is 1.42. The van der Waals surface area contributed by atoms with E-state index >= 15 is 0 Å². The lowest BCUT2D eigenvalue weighted by Gasteiger charge is -2.23. The van der Waals surface area contributed by atoms with Gasteiger partial charge in [0.2, 0.25) is 0 Å². The van der Waals surface area contributed by atoms with Crippen LogP contribution in [-0.4, -0.2) is 23.0 Å². The number of carbonyl (C=O) groups excluding carboxylic acids is 1. The molecule has 0 radical (unpaired) electrons. The molecule has 0 amide bonds. The molecule has 0 bridgehead atoms. The van der Waals surface area contributed by atoms with Gasteiger partial charge in [-0.15, -0.1) is 0 Å². The molecule has 0 aliphatic carbocycles. The SMILES string of the molecule is O=CC1NCCc2c1ccc(O)c2O. The molecule has 0 saturated heterocycles. The summed E-state index contributed by atoms with van der Waals surface area (Å²) in [6.45, 7) is 0.632. The number of aromatic hydroxyl groups is 2. The van der Waals surface area contributed by atoms with Crippen molar-refractivity contribution >= 4 is 6.29 Å². The van der Waals surface area contributed by atoms with Crippen LogP contribution in [0.15, 0.2) is 12.1 Å². The van der Waals surface area contributed by atoms with Crippen molar-refractivity contribution in [1.29, 1.82) is 0 Å². The van der Waals surface area contributed by atoms with E-state index in [1.807, 2.05) is 0 Å². The zero-order valence-electron chi connectivity index (χ0n) is 7.53. The molecule has 0 aromatic heterocycles. The maximum atomic E-state index is 10.7. The van der Waals surface area contributed by atoms with E-state index in [2.05, 4.69) is 5.32 Å². The van der Waals surface area contributed by atoms with Crippen molar-refractivity contribution in [2.75, 3.05) is 6.54 Å². The van der Waals surface area contributed by atoms with Gasteiger partial charge >= 0.3 is 0 Å². The third-order valence-electron chi connectivity index (χ3n) is 2.51. The fourth-order valence-electron chi connectivity index (χ4n) is 1.78. The highest BCUT2D eigenvalue weighted by Crippen LogP contribution is 2.35. The number of hydrogen-bond acceptors (Lipinski definition) is 4. The number of hydrogen-bond donors (Lipinski definition) is 3. The number of benzene rings is 1. The second-order valence-corrected chi connectivity index (χ2v) is 3.32. The Morgan fingerprint density at radius 3 is 2.93 bits per heavy atom. The largest absolute Gasteiger partial charge is 0.504 e. The summed E-state index contributed by atoms with van der Waals surface area (Å²) in [5.74, 6) is -0.230. The Morgan fingerprint density at radius 2 is 2.21 bits per heavy atom. The molecule has 4 heteroatoms. The molecule has 1 atom stereocenters. The smallest absolute Gasteiger partial charge is 0.161 e. The third kappa shape index (κ3) is 1.24. The molecule has 1 heterocycles. The van der Waals surface area contributed by atoms with Crippen molar-refractivity contribution in [3.05, 3.63) is 23.3 Å². The molecule has 3 N–H and O–H groups in total. The molecule has 1 aliphatic rings. The van der Waals surface area contributed by atoms with Gasteiger partial charge in [-0.05, 0) is 18.1 Å². The number of nitrogens with one attached hydrogen (secondary N) is 1. The van der Waals surface area contributed by atoms with Crippen LogP contribution < -0.4 is 5.32 Å². The molecular weight excluding hydrogens is 182 g/mol. The Balaban J connectivity index is 2.55. The first-order valence-corrected chi connectivity index (χ1v) is 4.46. The van der Waals surface area contributed by atoms with Crippen LogP contribution in [0.4, 0.5) is 0 Å². The van der Waals surface area contributed by atoms with E-state index in [1.54, 1.807) is 6.07 Å². The van der Waals surface area contributed by atoms with E-state index < -0.39 is 0 Å². The van der Waals surface area contributed by atoms with Crippen LogP contribution in [0.3, 0.4) is 0 Å². The normalized spacial score (nSPS) is 20.1. The first-order valence-electron chi connectivity index (χ1n) is 4.46. The van der Waals surface area contributed by atoms with Crippen LogP contribution in [-0.2, 0) is 11.2 Å². The van der Waals surface area contributed by atoms with Crippen LogP contribution in [0.2, 0.25) is 0 Å². The van der Waals surface area contributed by atoms with E-state index in [1.165, 1.54) is 6.07 Å². The molecule has 1 aromatic carbocycles. The van der Waals surface area contributed by atoms with Gasteiger partial charge < -0.3 is 20.3 Å². The van der Waals surface area contributed by atoms with Crippen molar-refractivity contribution in [3.8, 4) is 11.5 Å². The lowest BCUT2D eigenvalue weighted by atomic mass is 9.94. The average molecular weight is 193 g/mol. The van der Waals surface area contributed by atoms with Gasteiger partial charge in [-0.25, -0.2) is 0 Å². The Bertz CT molecular complexity index is 376. The van der Waals surface area contributed by atoms with Gasteiger partial charge in [0, 0.05) is 12.1 Å². The van der Waals surface area contributed by atoms with Crippen molar-refractivity contribution in [2.24, 2.45) is 0 Å². The second kappa shape index (κ2) is 3.31. The number of fused-ring (bicyclic) bond motifs is 1. The van der Waals surface area contributed by atoms with Crippen molar-refractivity contribution in [2.45, 2.75) is 12.5 Å². The van der Waals surface area contributed by atoms with Gasteiger partial charge in [0.25, 0.3) is 0 Å². The molecule has 2 rings (SSSR count). The summed E-state index contributed by atoms with van der Waals surface area (Å²) in [6.07, 6.45) is 1.42. The van der Waals surface area contributed by atoms with E-state index in [0.717, 1.165) is 11.8 Å². The quantitative estimate of drug-likeness (QED) is 0.448. The minimum absolute atomic E-state index is 0.101. The minimum Gasteiger partial charge on any atom is -0.504 e. The predicted octanol–water partition coefficient (Wildman–Crippen LogP) is 0.484. The summed E-state index contributed by atoms with van der Waals surface area (Å²) in [6, 6.07) is 2.69. The zero-order chi connectivity index (χ0) is 10.1. The van der Waals surface area contributed by atoms with E-state index in [4.69, 9.17) is 0 Å². The number of aldehydes is 1. The molecular formula is C10H11NO3. The molecule has 0 fully saturated rings. The summed E-state index contributed by atoms with van der Waals surface area (Å²) < 4.78 is 0. The molecule has 74 valence electrons. The first-order chi connectivity index (χ1) is 6.74. The highest BCUT2D eigenvalue weighted by molar-refractivity contribution is 5.66. The molecule has 1 unspecified atom stereocenters. The van der Waals surface area contributed by atoms with Crippen LogP contribution in [0.25, 0.3) is 0 Å². The highest BCUT2D eigenvalue weighted by atomic mass is 16.3. The van der Waals surface area contributed by atoms with Crippen LogP contribution in [0, 0.1) is 0 Å². The van der Waals surface area contributed by atoms with E-state index in [0.29, 0.717) is 18.5 Å². The zero-order valence-corrected chi connectivity index (χ0v) is 7.53. The standard InChI is InChI=1S/C10H11NO3/c12-5-8-6-1-2-9(13)10(14)7(6)3-4-11-8/h1-2,5,8,11,13-14H,3-4H2. The molecule has 1 aromatic rings. The highest BCUT2D eigenvalue weighted by Gasteiger charge is 2.22. The van der Waals surface area contributed by atoms with E-state index in [9.17, 15) is 15.0 Å². The predicted molar refractivity (Wildman–Crippen MR) is 50.3 cm³/mol. The summed E-state index contributed by atoms with van der Waals surface area (Å²) in [4.78, 5) is 10.7. The monoisotopic (exact) mass is 193 g/mol. The van der Waals surface area contributed by atoms with Crippen LogP contribution >= 0.6 is 0 Å². The molecule has 0 saturated carbocycles. The van der Waals surface area contributed by atoms with Crippen molar-refractivity contribution in [3.63, 3.8) is 0 Å². The van der Waals surface area contributed by atoms with Crippen molar-refractivity contribution in [1.82, 2.24) is 5.32 Å². The van der Waals surface area contributed by atoms with Gasteiger partial charge in [0.1, 0.15) is 6.29 Å². The lowest BCUT2D eigenvalue weighted by molar-refractivity contribution is -0.109. The molecule has 1 aliphatic heterocycles.